The van der Waals surface area contributed by atoms with Crippen molar-refractivity contribution in [2.24, 2.45) is 4.99 Å². The summed E-state index contributed by atoms with van der Waals surface area (Å²) >= 11 is 0. The zero-order valence-corrected chi connectivity index (χ0v) is 17.7. The zero-order chi connectivity index (χ0) is 20.3. The molecule has 152 valence electrons. The number of fused-ring (bicyclic) bond motifs is 5. The molecule has 0 saturated heterocycles. The molecule has 5 rings (SSSR count). The first-order valence-corrected chi connectivity index (χ1v) is 11.0. The SMILES string of the molecule is CN(CCCC1c2ccccc2C2=NCCN2c2ccccc21)Cc1ccccc1. The highest BCUT2D eigenvalue weighted by atomic mass is 15.2. The molecule has 0 bridgehead atoms. The molecule has 0 aliphatic carbocycles. The lowest BCUT2D eigenvalue weighted by Gasteiger charge is -2.23. The van der Waals surface area contributed by atoms with Crippen LogP contribution in [0.1, 0.15) is 41.0 Å². The number of rotatable bonds is 6. The van der Waals surface area contributed by atoms with Crippen molar-refractivity contribution >= 4 is 11.5 Å². The topological polar surface area (TPSA) is 18.8 Å². The van der Waals surface area contributed by atoms with Crippen molar-refractivity contribution in [3.8, 4) is 0 Å². The predicted molar refractivity (Wildman–Crippen MR) is 125 cm³/mol. The molecule has 0 N–H and O–H groups in total. The van der Waals surface area contributed by atoms with Crippen LogP contribution in [0.25, 0.3) is 0 Å². The van der Waals surface area contributed by atoms with Crippen molar-refractivity contribution < 1.29 is 0 Å². The molecule has 30 heavy (non-hydrogen) atoms. The van der Waals surface area contributed by atoms with Gasteiger partial charge in [0, 0.05) is 30.3 Å². The molecule has 3 aromatic carbocycles. The van der Waals surface area contributed by atoms with Gasteiger partial charge in [0.15, 0.2) is 0 Å². The molecule has 0 aromatic heterocycles. The minimum Gasteiger partial charge on any atom is -0.324 e. The van der Waals surface area contributed by atoms with Crippen LogP contribution in [0, 0.1) is 0 Å². The lowest BCUT2D eigenvalue weighted by molar-refractivity contribution is 0.316. The lowest BCUT2D eigenvalue weighted by atomic mass is 9.85. The van der Waals surface area contributed by atoms with Gasteiger partial charge < -0.3 is 9.80 Å². The van der Waals surface area contributed by atoms with E-state index in [-0.39, 0.29) is 0 Å². The predicted octanol–water partition coefficient (Wildman–Crippen LogP) is 5.31. The Balaban J connectivity index is 1.39. The first-order valence-electron chi connectivity index (χ1n) is 11.0. The highest BCUT2D eigenvalue weighted by Gasteiger charge is 2.32. The smallest absolute Gasteiger partial charge is 0.135 e. The van der Waals surface area contributed by atoms with Crippen molar-refractivity contribution in [1.29, 1.82) is 0 Å². The highest BCUT2D eigenvalue weighted by molar-refractivity contribution is 6.13. The fourth-order valence-corrected chi connectivity index (χ4v) is 4.96. The summed E-state index contributed by atoms with van der Waals surface area (Å²) in [5, 5.41) is 0. The van der Waals surface area contributed by atoms with E-state index >= 15 is 0 Å². The third-order valence-corrected chi connectivity index (χ3v) is 6.35. The van der Waals surface area contributed by atoms with Crippen LogP contribution in [0.4, 0.5) is 5.69 Å². The van der Waals surface area contributed by atoms with Gasteiger partial charge in [-0.15, -0.1) is 0 Å². The number of hydrogen-bond donors (Lipinski definition) is 0. The van der Waals surface area contributed by atoms with Gasteiger partial charge in [-0.3, -0.25) is 4.99 Å². The van der Waals surface area contributed by atoms with Crippen LogP contribution in [0.5, 0.6) is 0 Å². The normalized spacial score (nSPS) is 17.2. The van der Waals surface area contributed by atoms with E-state index in [1.807, 2.05) is 0 Å². The van der Waals surface area contributed by atoms with Crippen LogP contribution < -0.4 is 4.90 Å². The fraction of sp³-hybridized carbons (Fsp3) is 0.296. The van der Waals surface area contributed by atoms with Gasteiger partial charge >= 0.3 is 0 Å². The number of anilines is 1. The number of hydrogen-bond acceptors (Lipinski definition) is 3. The molecule has 3 nitrogen and oxygen atoms in total. The van der Waals surface area contributed by atoms with Crippen molar-refractivity contribution in [2.75, 3.05) is 31.6 Å². The van der Waals surface area contributed by atoms with E-state index in [0.29, 0.717) is 5.92 Å². The van der Waals surface area contributed by atoms with E-state index in [4.69, 9.17) is 4.99 Å². The molecule has 0 fully saturated rings. The molecule has 0 saturated carbocycles. The van der Waals surface area contributed by atoms with Crippen molar-refractivity contribution in [2.45, 2.75) is 25.3 Å². The zero-order valence-electron chi connectivity index (χ0n) is 17.7. The van der Waals surface area contributed by atoms with Gasteiger partial charge in [-0.25, -0.2) is 0 Å². The second-order valence-electron chi connectivity index (χ2n) is 8.42. The van der Waals surface area contributed by atoms with Gasteiger partial charge in [0.2, 0.25) is 0 Å². The van der Waals surface area contributed by atoms with Gasteiger partial charge in [-0.05, 0) is 49.2 Å². The maximum Gasteiger partial charge on any atom is 0.135 e. The molecule has 2 aliphatic rings. The van der Waals surface area contributed by atoms with Crippen LogP contribution in [0.15, 0.2) is 83.9 Å². The van der Waals surface area contributed by atoms with Crippen molar-refractivity contribution in [3.05, 3.63) is 101 Å². The number of amidine groups is 1. The van der Waals surface area contributed by atoms with Crippen LogP contribution in [-0.4, -0.2) is 37.4 Å². The first-order chi connectivity index (χ1) is 14.8. The molecule has 0 amide bonds. The molecule has 0 spiro atoms. The Kier molecular flexibility index (Phi) is 5.37. The van der Waals surface area contributed by atoms with Gasteiger partial charge in [0.1, 0.15) is 5.84 Å². The van der Waals surface area contributed by atoms with Crippen LogP contribution in [0.3, 0.4) is 0 Å². The van der Waals surface area contributed by atoms with Gasteiger partial charge in [-0.1, -0.05) is 72.8 Å². The molecular weight excluding hydrogens is 366 g/mol. The fourth-order valence-electron chi connectivity index (χ4n) is 4.96. The van der Waals surface area contributed by atoms with Crippen LogP contribution in [0.2, 0.25) is 0 Å². The third kappa shape index (κ3) is 3.66. The average Bonchev–Trinajstić information content (AvgIpc) is 3.24. The molecule has 1 unspecified atom stereocenters. The summed E-state index contributed by atoms with van der Waals surface area (Å²) in [5.74, 6) is 1.57. The summed E-state index contributed by atoms with van der Waals surface area (Å²) in [4.78, 5) is 9.75. The van der Waals surface area contributed by atoms with Crippen molar-refractivity contribution in [3.63, 3.8) is 0 Å². The molecule has 3 aromatic rings. The Morgan fingerprint density at radius 1 is 0.900 bits per heavy atom. The van der Waals surface area contributed by atoms with Gasteiger partial charge in [0.05, 0.1) is 6.54 Å². The van der Waals surface area contributed by atoms with E-state index < -0.39 is 0 Å². The Hall–Kier alpha value is -2.91. The number of benzene rings is 3. The molecule has 1 atom stereocenters. The second kappa shape index (κ2) is 8.45. The summed E-state index contributed by atoms with van der Waals surface area (Å²) in [5.41, 5.74) is 6.91. The maximum atomic E-state index is 4.88. The Bertz CT molecular complexity index is 1040. The van der Waals surface area contributed by atoms with E-state index in [9.17, 15) is 0 Å². The van der Waals surface area contributed by atoms with E-state index in [2.05, 4.69) is 95.7 Å². The monoisotopic (exact) mass is 395 g/mol. The van der Waals surface area contributed by atoms with Crippen LogP contribution in [-0.2, 0) is 6.54 Å². The number of nitrogens with zero attached hydrogens (tertiary/aromatic N) is 3. The standard InChI is InChI=1S/C27H29N3/c1-29(20-21-10-3-2-4-11-21)18-9-15-22-23-12-5-6-14-25(23)27-28-17-19-30(27)26-16-8-7-13-24(22)26/h2-8,10-14,16,22H,9,15,17-20H2,1H3. The van der Waals surface area contributed by atoms with E-state index in [1.54, 1.807) is 0 Å². The third-order valence-electron chi connectivity index (χ3n) is 6.35. The minimum absolute atomic E-state index is 0.413. The lowest BCUT2D eigenvalue weighted by Crippen LogP contribution is -2.27. The molecule has 2 heterocycles. The Morgan fingerprint density at radius 2 is 1.63 bits per heavy atom. The average molecular weight is 396 g/mol. The molecule has 0 radical (unpaired) electrons. The molecule has 3 heteroatoms. The van der Waals surface area contributed by atoms with Crippen LogP contribution >= 0.6 is 0 Å². The Labute approximate surface area is 179 Å². The summed E-state index contributed by atoms with van der Waals surface area (Å²) in [6, 6.07) is 28.6. The number of aliphatic imine (C=N–C) groups is 1. The summed E-state index contributed by atoms with van der Waals surface area (Å²) in [7, 11) is 2.23. The first kappa shape index (κ1) is 19.1. The second-order valence-corrected chi connectivity index (χ2v) is 8.42. The molecular formula is C27H29N3. The minimum atomic E-state index is 0.413. The van der Waals surface area contributed by atoms with E-state index in [0.717, 1.165) is 38.4 Å². The molecule has 2 aliphatic heterocycles. The summed E-state index contributed by atoms with van der Waals surface area (Å²) in [6.45, 7) is 3.96. The quantitative estimate of drug-likeness (QED) is 0.563. The van der Waals surface area contributed by atoms with Gasteiger partial charge in [-0.2, -0.15) is 0 Å². The highest BCUT2D eigenvalue weighted by Crippen LogP contribution is 2.41. The van der Waals surface area contributed by atoms with Gasteiger partial charge in [0.25, 0.3) is 0 Å². The maximum absolute atomic E-state index is 4.88. The van der Waals surface area contributed by atoms with Crippen molar-refractivity contribution in [1.82, 2.24) is 4.90 Å². The van der Waals surface area contributed by atoms with E-state index in [1.165, 1.54) is 34.4 Å². The summed E-state index contributed by atoms with van der Waals surface area (Å²) < 4.78 is 0. The number of para-hydroxylation sites is 1. The Morgan fingerprint density at radius 3 is 2.50 bits per heavy atom. The summed E-state index contributed by atoms with van der Waals surface area (Å²) in [6.07, 6.45) is 2.32. The largest absolute Gasteiger partial charge is 0.324 e.